The number of carbonyl (C=O) groups excluding carboxylic acids is 3. The number of benzene rings is 2. The van der Waals surface area contributed by atoms with Crippen molar-refractivity contribution in [2.45, 2.75) is 0 Å². The molecule has 8 heteroatoms. The lowest BCUT2D eigenvalue weighted by Gasteiger charge is -2.10. The molecule has 0 atom stereocenters. The zero-order chi connectivity index (χ0) is 20.6. The van der Waals surface area contributed by atoms with Crippen molar-refractivity contribution >= 4 is 29.1 Å². The van der Waals surface area contributed by atoms with E-state index in [0.29, 0.717) is 22.7 Å². The smallest absolute Gasteiger partial charge is 0.287 e. The van der Waals surface area contributed by atoms with Gasteiger partial charge in [-0.2, -0.15) is 0 Å². The Hall–Kier alpha value is -4.07. The van der Waals surface area contributed by atoms with Gasteiger partial charge in [-0.1, -0.05) is 12.1 Å². The molecule has 0 saturated heterocycles. The number of hydrogen-bond donors (Lipinski definition) is 3. The molecule has 3 rings (SSSR count). The zero-order valence-corrected chi connectivity index (χ0v) is 15.6. The minimum atomic E-state index is -0.478. The first-order valence-electron chi connectivity index (χ1n) is 8.73. The molecular formula is C21H19N3O5. The van der Waals surface area contributed by atoms with Crippen LogP contribution in [0.4, 0.5) is 11.4 Å². The molecule has 8 nitrogen and oxygen atoms in total. The number of anilines is 2. The lowest BCUT2D eigenvalue weighted by Crippen LogP contribution is -2.32. The molecule has 1 heterocycles. The van der Waals surface area contributed by atoms with Crippen LogP contribution in [0.1, 0.15) is 20.9 Å². The zero-order valence-electron chi connectivity index (χ0n) is 15.6. The van der Waals surface area contributed by atoms with E-state index in [1.807, 2.05) is 6.07 Å². The van der Waals surface area contributed by atoms with E-state index < -0.39 is 11.8 Å². The number of amides is 3. The molecule has 3 aromatic rings. The van der Waals surface area contributed by atoms with Crippen LogP contribution in [0.25, 0.3) is 0 Å². The van der Waals surface area contributed by atoms with Crippen LogP contribution in [0.5, 0.6) is 5.75 Å². The maximum atomic E-state index is 12.4. The number of carbonyl (C=O) groups is 3. The number of ether oxygens (including phenoxy) is 1. The van der Waals surface area contributed by atoms with Crippen LogP contribution < -0.4 is 20.7 Å². The van der Waals surface area contributed by atoms with E-state index in [4.69, 9.17) is 9.15 Å². The third-order valence-corrected chi connectivity index (χ3v) is 3.94. The Kier molecular flexibility index (Phi) is 6.26. The summed E-state index contributed by atoms with van der Waals surface area (Å²) in [4.78, 5) is 36.1. The van der Waals surface area contributed by atoms with Crippen molar-refractivity contribution < 1.29 is 23.5 Å². The summed E-state index contributed by atoms with van der Waals surface area (Å²) in [5.41, 5.74) is 1.47. The van der Waals surface area contributed by atoms with Crippen LogP contribution in [0.3, 0.4) is 0 Å². The minimum absolute atomic E-state index is 0.128. The second-order valence-corrected chi connectivity index (χ2v) is 5.94. The molecule has 0 unspecified atom stereocenters. The monoisotopic (exact) mass is 393 g/mol. The van der Waals surface area contributed by atoms with Crippen LogP contribution in [0.15, 0.2) is 71.3 Å². The predicted molar refractivity (Wildman–Crippen MR) is 107 cm³/mol. The van der Waals surface area contributed by atoms with Crippen LogP contribution >= 0.6 is 0 Å². The normalized spacial score (nSPS) is 10.1. The second-order valence-electron chi connectivity index (χ2n) is 5.94. The number of para-hydroxylation sites is 2. The number of nitrogens with one attached hydrogen (secondary N) is 3. The van der Waals surface area contributed by atoms with Crippen LogP contribution in [0.2, 0.25) is 0 Å². The summed E-state index contributed by atoms with van der Waals surface area (Å²) in [6, 6.07) is 16.5. The molecule has 0 bridgehead atoms. The Bertz CT molecular complexity index is 997. The standard InChI is InChI=1S/C21H19N3O5/c1-28-17-6-3-2-5-16(17)24-20(26)14-8-10-15(11-9-14)23-19(25)13-22-21(27)18-7-4-12-29-18/h2-12H,13H2,1H3,(H,22,27)(H,23,25)(H,24,26). The molecule has 3 amide bonds. The molecule has 0 fully saturated rings. The van der Waals surface area contributed by atoms with E-state index >= 15 is 0 Å². The minimum Gasteiger partial charge on any atom is -0.495 e. The van der Waals surface area contributed by atoms with Gasteiger partial charge in [0.1, 0.15) is 5.75 Å². The second kappa shape index (κ2) is 9.23. The largest absolute Gasteiger partial charge is 0.495 e. The van der Waals surface area contributed by atoms with E-state index in [1.165, 1.54) is 19.4 Å². The molecule has 0 aliphatic heterocycles. The Morgan fingerprint density at radius 3 is 2.34 bits per heavy atom. The topological polar surface area (TPSA) is 110 Å². The third kappa shape index (κ3) is 5.23. The molecule has 0 aliphatic rings. The fraction of sp³-hybridized carbons (Fsp3) is 0.0952. The van der Waals surface area contributed by atoms with Crippen LogP contribution in [0, 0.1) is 0 Å². The molecule has 0 saturated carbocycles. The van der Waals surface area contributed by atoms with E-state index in [2.05, 4.69) is 16.0 Å². The van der Waals surface area contributed by atoms with Crippen molar-refractivity contribution in [3.05, 3.63) is 78.3 Å². The third-order valence-electron chi connectivity index (χ3n) is 3.94. The number of hydrogen-bond acceptors (Lipinski definition) is 5. The number of furan rings is 1. The molecule has 3 N–H and O–H groups in total. The van der Waals surface area contributed by atoms with E-state index in [1.54, 1.807) is 48.5 Å². The van der Waals surface area contributed by atoms with Crippen molar-refractivity contribution in [3.63, 3.8) is 0 Å². The fourth-order valence-corrected chi connectivity index (χ4v) is 2.51. The van der Waals surface area contributed by atoms with Gasteiger partial charge in [-0.05, 0) is 48.5 Å². The average molecular weight is 393 g/mol. The highest BCUT2D eigenvalue weighted by molar-refractivity contribution is 6.05. The number of methoxy groups -OCH3 is 1. The Labute approximate surface area is 166 Å². The lowest BCUT2D eigenvalue weighted by atomic mass is 10.2. The van der Waals surface area contributed by atoms with Gasteiger partial charge in [0.25, 0.3) is 11.8 Å². The fourth-order valence-electron chi connectivity index (χ4n) is 2.51. The molecule has 1 aromatic heterocycles. The van der Waals surface area contributed by atoms with E-state index in [0.717, 1.165) is 0 Å². The molecular weight excluding hydrogens is 374 g/mol. The first kappa shape index (κ1) is 19.7. The van der Waals surface area contributed by atoms with E-state index in [-0.39, 0.29) is 18.2 Å². The SMILES string of the molecule is COc1ccccc1NC(=O)c1ccc(NC(=O)CNC(=O)c2ccco2)cc1. The Morgan fingerprint density at radius 1 is 0.897 bits per heavy atom. The van der Waals surface area contributed by atoms with Gasteiger partial charge >= 0.3 is 0 Å². The summed E-state index contributed by atoms with van der Waals surface area (Å²) < 4.78 is 10.2. The number of rotatable bonds is 7. The van der Waals surface area contributed by atoms with Gasteiger partial charge in [0, 0.05) is 11.3 Å². The van der Waals surface area contributed by atoms with Crippen LogP contribution in [-0.2, 0) is 4.79 Å². The summed E-state index contributed by atoms with van der Waals surface area (Å²) in [5.74, 6) is -0.507. The van der Waals surface area contributed by atoms with Gasteiger partial charge in [0.15, 0.2) is 5.76 Å². The van der Waals surface area contributed by atoms with Crippen LogP contribution in [-0.4, -0.2) is 31.4 Å². The molecule has 0 aliphatic carbocycles. The summed E-state index contributed by atoms with van der Waals surface area (Å²) >= 11 is 0. The lowest BCUT2D eigenvalue weighted by molar-refractivity contribution is -0.115. The van der Waals surface area contributed by atoms with Crippen molar-refractivity contribution in [1.82, 2.24) is 5.32 Å². The first-order chi connectivity index (χ1) is 14.1. The van der Waals surface area contributed by atoms with Gasteiger partial charge in [0.2, 0.25) is 5.91 Å². The predicted octanol–water partition coefficient (Wildman–Crippen LogP) is 2.91. The van der Waals surface area contributed by atoms with Gasteiger partial charge in [-0.25, -0.2) is 0 Å². The highest BCUT2D eigenvalue weighted by atomic mass is 16.5. The molecule has 0 radical (unpaired) electrons. The van der Waals surface area contributed by atoms with Crippen molar-refractivity contribution in [2.24, 2.45) is 0 Å². The van der Waals surface area contributed by atoms with Crippen molar-refractivity contribution in [2.75, 3.05) is 24.3 Å². The summed E-state index contributed by atoms with van der Waals surface area (Å²) in [6.45, 7) is -0.213. The maximum Gasteiger partial charge on any atom is 0.287 e. The first-order valence-corrected chi connectivity index (χ1v) is 8.73. The maximum absolute atomic E-state index is 12.4. The van der Waals surface area contributed by atoms with Gasteiger partial charge in [0.05, 0.1) is 25.6 Å². The van der Waals surface area contributed by atoms with Crippen molar-refractivity contribution in [1.29, 1.82) is 0 Å². The van der Waals surface area contributed by atoms with Gasteiger partial charge in [-0.3, -0.25) is 14.4 Å². The molecule has 2 aromatic carbocycles. The summed E-state index contributed by atoms with van der Waals surface area (Å²) in [5, 5.41) is 7.87. The van der Waals surface area contributed by atoms with Gasteiger partial charge < -0.3 is 25.1 Å². The van der Waals surface area contributed by atoms with Crippen molar-refractivity contribution in [3.8, 4) is 5.75 Å². The quantitative estimate of drug-likeness (QED) is 0.572. The molecule has 148 valence electrons. The summed E-state index contributed by atoms with van der Waals surface area (Å²) in [6.07, 6.45) is 1.38. The van der Waals surface area contributed by atoms with Gasteiger partial charge in [-0.15, -0.1) is 0 Å². The summed E-state index contributed by atoms with van der Waals surface area (Å²) in [7, 11) is 1.53. The Balaban J connectivity index is 1.53. The van der Waals surface area contributed by atoms with E-state index in [9.17, 15) is 14.4 Å². The highest BCUT2D eigenvalue weighted by Gasteiger charge is 2.12. The molecule has 0 spiro atoms. The molecule has 29 heavy (non-hydrogen) atoms. The average Bonchev–Trinajstić information content (AvgIpc) is 3.28. The highest BCUT2D eigenvalue weighted by Crippen LogP contribution is 2.23. The Morgan fingerprint density at radius 2 is 1.66 bits per heavy atom.